The van der Waals surface area contributed by atoms with Crippen LogP contribution in [0.2, 0.25) is 0 Å². The van der Waals surface area contributed by atoms with Crippen molar-refractivity contribution in [3.05, 3.63) is 29.6 Å². The molecule has 1 aromatic carbocycles. The normalized spacial score (nSPS) is 11.9. The highest BCUT2D eigenvalue weighted by Gasteiger charge is 2.34. The number of hydrogen-bond donors (Lipinski definition) is 3. The van der Waals surface area contributed by atoms with E-state index in [1.165, 1.54) is 12.1 Å². The number of rotatable bonds is 1. The van der Waals surface area contributed by atoms with E-state index in [9.17, 15) is 24.3 Å². The monoisotopic (exact) mass is 279 g/mol. The molecule has 5 nitrogen and oxygen atoms in total. The fourth-order valence-corrected chi connectivity index (χ4v) is 2.52. The number of benzene rings is 1. The maximum absolute atomic E-state index is 13.5. The molecule has 0 radical (unpaired) electrons. The fraction of sp³-hybridized carbons (Fsp3) is 0.308. The second-order valence-electron chi connectivity index (χ2n) is 5.66. The maximum Gasteiger partial charge on any atom is 0.506 e. The summed E-state index contributed by atoms with van der Waals surface area (Å²) in [7, 11) is -1.96. The Morgan fingerprint density at radius 2 is 1.90 bits per heavy atom. The summed E-state index contributed by atoms with van der Waals surface area (Å²) < 4.78 is 14.3. The van der Waals surface area contributed by atoms with E-state index in [1.54, 1.807) is 20.8 Å². The SMILES string of the molecule is CC(C)(C)c1c(B(O)O)n(C(=O)O)c2ccc(F)cc12. The van der Waals surface area contributed by atoms with E-state index in [1.807, 2.05) is 0 Å². The molecule has 0 saturated carbocycles. The van der Waals surface area contributed by atoms with Crippen LogP contribution in [-0.2, 0) is 5.41 Å². The van der Waals surface area contributed by atoms with Gasteiger partial charge in [0.15, 0.2) is 0 Å². The van der Waals surface area contributed by atoms with Gasteiger partial charge in [0.2, 0.25) is 0 Å². The Morgan fingerprint density at radius 3 is 2.35 bits per heavy atom. The Morgan fingerprint density at radius 1 is 1.30 bits per heavy atom. The summed E-state index contributed by atoms with van der Waals surface area (Å²) in [5.41, 5.74) is -0.0897. The van der Waals surface area contributed by atoms with Gasteiger partial charge in [0, 0.05) is 5.39 Å². The van der Waals surface area contributed by atoms with Crippen molar-refractivity contribution >= 4 is 29.7 Å². The molecule has 0 unspecified atom stereocenters. The zero-order chi connectivity index (χ0) is 15.2. The molecule has 0 fully saturated rings. The molecule has 1 heterocycles. The van der Waals surface area contributed by atoms with Crippen LogP contribution in [0.5, 0.6) is 0 Å². The smallest absolute Gasteiger partial charge is 0.464 e. The van der Waals surface area contributed by atoms with Gasteiger partial charge >= 0.3 is 13.2 Å². The highest BCUT2D eigenvalue weighted by atomic mass is 19.1. The van der Waals surface area contributed by atoms with E-state index in [4.69, 9.17) is 0 Å². The number of hydrogen-bond acceptors (Lipinski definition) is 3. The quantitative estimate of drug-likeness (QED) is 0.687. The van der Waals surface area contributed by atoms with Gasteiger partial charge in [0.25, 0.3) is 0 Å². The standard InChI is InChI=1S/C13H15BFNO4/c1-13(2,3)10-8-6-7(15)4-5-9(8)16(12(17)18)11(10)14(19)20/h4-6,19-20H,1-3H3,(H,17,18). The number of aromatic nitrogens is 1. The van der Waals surface area contributed by atoms with Crippen LogP contribution in [0.15, 0.2) is 18.2 Å². The van der Waals surface area contributed by atoms with Crippen molar-refractivity contribution in [3.8, 4) is 0 Å². The summed E-state index contributed by atoms with van der Waals surface area (Å²) in [6.45, 7) is 5.39. The molecule has 2 rings (SSSR count). The van der Waals surface area contributed by atoms with Crippen LogP contribution in [0.4, 0.5) is 9.18 Å². The molecule has 0 atom stereocenters. The summed E-state index contributed by atoms with van der Waals surface area (Å²) in [5, 5.41) is 28.8. The second-order valence-corrected chi connectivity index (χ2v) is 5.66. The Balaban J connectivity index is 3.04. The number of fused-ring (bicyclic) bond motifs is 1. The predicted molar refractivity (Wildman–Crippen MR) is 73.8 cm³/mol. The van der Waals surface area contributed by atoms with Gasteiger partial charge in [-0.25, -0.2) is 9.18 Å². The van der Waals surface area contributed by atoms with Gasteiger partial charge in [0.1, 0.15) is 5.82 Å². The molecule has 0 aliphatic rings. The third kappa shape index (κ3) is 2.19. The van der Waals surface area contributed by atoms with Crippen LogP contribution in [0.3, 0.4) is 0 Å². The average molecular weight is 279 g/mol. The van der Waals surface area contributed by atoms with Gasteiger partial charge in [-0.1, -0.05) is 20.8 Å². The van der Waals surface area contributed by atoms with Crippen LogP contribution in [-0.4, -0.2) is 32.9 Å². The molecule has 3 N–H and O–H groups in total. The van der Waals surface area contributed by atoms with Gasteiger partial charge in [0.05, 0.1) is 11.1 Å². The molecule has 0 saturated heterocycles. The molecule has 0 spiro atoms. The van der Waals surface area contributed by atoms with Crippen molar-refractivity contribution in [1.29, 1.82) is 0 Å². The molecule has 0 aliphatic carbocycles. The van der Waals surface area contributed by atoms with E-state index in [-0.39, 0.29) is 11.1 Å². The molecular weight excluding hydrogens is 264 g/mol. The molecule has 0 aliphatic heterocycles. The van der Waals surface area contributed by atoms with Crippen molar-refractivity contribution in [1.82, 2.24) is 4.57 Å². The molecule has 20 heavy (non-hydrogen) atoms. The van der Waals surface area contributed by atoms with Crippen molar-refractivity contribution in [2.45, 2.75) is 26.2 Å². The van der Waals surface area contributed by atoms with Crippen LogP contribution >= 0.6 is 0 Å². The first-order valence-corrected chi connectivity index (χ1v) is 6.08. The lowest BCUT2D eigenvalue weighted by Crippen LogP contribution is -2.43. The minimum atomic E-state index is -1.96. The first-order chi connectivity index (χ1) is 9.14. The number of nitrogens with zero attached hydrogens (tertiary/aromatic N) is 1. The van der Waals surface area contributed by atoms with Crippen LogP contribution < -0.4 is 5.59 Å². The Kier molecular flexibility index (Phi) is 3.35. The predicted octanol–water partition coefficient (Wildman–Crippen LogP) is 1.28. The zero-order valence-corrected chi connectivity index (χ0v) is 11.4. The molecule has 0 bridgehead atoms. The highest BCUT2D eigenvalue weighted by Crippen LogP contribution is 2.31. The second kappa shape index (κ2) is 4.61. The van der Waals surface area contributed by atoms with Gasteiger partial charge in [-0.3, -0.25) is 4.57 Å². The topological polar surface area (TPSA) is 82.7 Å². The van der Waals surface area contributed by atoms with Gasteiger partial charge in [-0.15, -0.1) is 0 Å². The van der Waals surface area contributed by atoms with Gasteiger partial charge in [-0.05, 0) is 29.2 Å². The van der Waals surface area contributed by atoms with Crippen LogP contribution in [0.1, 0.15) is 26.3 Å². The Hall–Kier alpha value is -1.86. The zero-order valence-electron chi connectivity index (χ0n) is 11.4. The van der Waals surface area contributed by atoms with Gasteiger partial charge in [-0.2, -0.15) is 0 Å². The average Bonchev–Trinajstić information content (AvgIpc) is 2.62. The number of halogens is 1. The molecule has 2 aromatic rings. The van der Waals surface area contributed by atoms with E-state index in [0.717, 1.165) is 10.6 Å². The molecule has 106 valence electrons. The number of carbonyl (C=O) groups is 1. The van der Waals surface area contributed by atoms with E-state index in [2.05, 4.69) is 0 Å². The molecule has 0 amide bonds. The lowest BCUT2D eigenvalue weighted by molar-refractivity contribution is 0.197. The highest BCUT2D eigenvalue weighted by molar-refractivity contribution is 6.59. The first-order valence-electron chi connectivity index (χ1n) is 6.08. The van der Waals surface area contributed by atoms with E-state index < -0.39 is 24.4 Å². The number of carboxylic acid groups (broad SMARTS) is 1. The van der Waals surface area contributed by atoms with Crippen LogP contribution in [0, 0.1) is 5.82 Å². The minimum Gasteiger partial charge on any atom is -0.464 e. The summed E-state index contributed by atoms with van der Waals surface area (Å²) in [6, 6.07) is 3.67. The van der Waals surface area contributed by atoms with E-state index in [0.29, 0.717) is 10.9 Å². The minimum absolute atomic E-state index is 0.148. The lowest BCUT2D eigenvalue weighted by Gasteiger charge is -2.20. The molecular formula is C13H15BFNO4. The maximum atomic E-state index is 13.5. The Bertz CT molecular complexity index is 688. The summed E-state index contributed by atoms with van der Waals surface area (Å²) in [4.78, 5) is 11.4. The summed E-state index contributed by atoms with van der Waals surface area (Å²) in [5.74, 6) is -0.510. The molecule has 1 aromatic heterocycles. The summed E-state index contributed by atoms with van der Waals surface area (Å²) >= 11 is 0. The fourth-order valence-electron chi connectivity index (χ4n) is 2.52. The first kappa shape index (κ1) is 14.6. The largest absolute Gasteiger partial charge is 0.506 e. The third-order valence-corrected chi connectivity index (χ3v) is 3.15. The lowest BCUT2D eigenvalue weighted by atomic mass is 9.74. The molecule has 7 heteroatoms. The van der Waals surface area contributed by atoms with Crippen molar-refractivity contribution in [2.75, 3.05) is 0 Å². The van der Waals surface area contributed by atoms with Crippen molar-refractivity contribution in [2.24, 2.45) is 0 Å². The van der Waals surface area contributed by atoms with Crippen molar-refractivity contribution in [3.63, 3.8) is 0 Å². The van der Waals surface area contributed by atoms with Crippen LogP contribution in [0.25, 0.3) is 10.9 Å². The summed E-state index contributed by atoms with van der Waals surface area (Å²) in [6.07, 6.45) is -1.35. The Labute approximate surface area is 115 Å². The third-order valence-electron chi connectivity index (χ3n) is 3.15. The van der Waals surface area contributed by atoms with E-state index >= 15 is 0 Å². The van der Waals surface area contributed by atoms with Crippen molar-refractivity contribution < 1.29 is 24.3 Å². The van der Waals surface area contributed by atoms with Gasteiger partial charge < -0.3 is 15.2 Å².